The van der Waals surface area contributed by atoms with Crippen LogP contribution in [0.2, 0.25) is 0 Å². The molecular formula is C16H22N2O. The van der Waals surface area contributed by atoms with Crippen LogP contribution in [0.1, 0.15) is 24.8 Å². The van der Waals surface area contributed by atoms with E-state index in [1.54, 1.807) is 0 Å². The number of hydrogen-bond donors (Lipinski definition) is 2. The molecule has 3 nitrogen and oxygen atoms in total. The maximum atomic E-state index is 10.4. The van der Waals surface area contributed by atoms with Gasteiger partial charge in [-0.2, -0.15) is 0 Å². The average molecular weight is 258 g/mol. The normalized spacial score (nSPS) is 13.9. The predicted molar refractivity (Wildman–Crippen MR) is 79.5 cm³/mol. The smallest absolute Gasteiger partial charge is 0.236 e. The summed E-state index contributed by atoms with van der Waals surface area (Å²) in [5.41, 5.74) is 8.51. The molecule has 1 aromatic rings. The number of rotatable bonds is 3. The van der Waals surface area contributed by atoms with Crippen molar-refractivity contribution in [2.24, 2.45) is 5.73 Å². The summed E-state index contributed by atoms with van der Waals surface area (Å²) in [4.78, 5) is 10.4. The molecule has 3 N–H and O–H groups in total. The van der Waals surface area contributed by atoms with Gasteiger partial charge in [-0.1, -0.05) is 48.0 Å². The Labute approximate surface area is 115 Å². The predicted octanol–water partition coefficient (Wildman–Crippen LogP) is 2.68. The molecule has 0 bridgehead atoms. The maximum absolute atomic E-state index is 10.4. The molecule has 0 atom stereocenters. The highest BCUT2D eigenvalue weighted by molar-refractivity contribution is 5.76. The summed E-state index contributed by atoms with van der Waals surface area (Å²) < 4.78 is 0. The lowest BCUT2D eigenvalue weighted by Crippen LogP contribution is -2.28. The fraction of sp³-hybridized carbons (Fsp3) is 0.312. The van der Waals surface area contributed by atoms with Crippen LogP contribution in [0, 0.1) is 6.92 Å². The largest absolute Gasteiger partial charge is 0.380 e. The maximum Gasteiger partial charge on any atom is 0.236 e. The average Bonchev–Trinajstić information content (AvgIpc) is 2.38. The zero-order valence-electron chi connectivity index (χ0n) is 11.5. The first-order chi connectivity index (χ1) is 9.08. The van der Waals surface area contributed by atoms with Gasteiger partial charge >= 0.3 is 0 Å². The van der Waals surface area contributed by atoms with Crippen molar-refractivity contribution in [2.45, 2.75) is 26.2 Å². The van der Waals surface area contributed by atoms with Crippen LogP contribution >= 0.6 is 0 Å². The molecule has 0 aromatic heterocycles. The third-order valence-corrected chi connectivity index (χ3v) is 2.75. The second kappa shape index (κ2) is 8.14. The van der Waals surface area contributed by atoms with Gasteiger partial charge in [0.2, 0.25) is 5.91 Å². The molecule has 1 aromatic carbocycles. The lowest BCUT2D eigenvalue weighted by Gasteiger charge is -2.15. The van der Waals surface area contributed by atoms with Crippen LogP contribution in [0.3, 0.4) is 0 Å². The summed E-state index contributed by atoms with van der Waals surface area (Å²) >= 11 is 0. The Balaban J connectivity index is 0.000000218. The van der Waals surface area contributed by atoms with Crippen molar-refractivity contribution in [3.05, 3.63) is 59.8 Å². The Bertz CT molecular complexity index is 449. The molecule has 2 rings (SSSR count). The van der Waals surface area contributed by atoms with Crippen LogP contribution in [0.4, 0.5) is 0 Å². The van der Waals surface area contributed by atoms with Gasteiger partial charge in [0.1, 0.15) is 0 Å². The minimum absolute atomic E-state index is 0.221. The van der Waals surface area contributed by atoms with E-state index in [-0.39, 0.29) is 12.5 Å². The van der Waals surface area contributed by atoms with Gasteiger partial charge in [0.05, 0.1) is 6.54 Å². The number of carbonyl (C=O) groups is 1. The van der Waals surface area contributed by atoms with Crippen LogP contribution in [0.15, 0.2) is 54.3 Å². The van der Waals surface area contributed by atoms with Crippen LogP contribution in [0.25, 0.3) is 0 Å². The van der Waals surface area contributed by atoms with Crippen molar-refractivity contribution in [3.8, 4) is 0 Å². The number of carbonyl (C=O) groups excluding carboxylic acids is 1. The van der Waals surface area contributed by atoms with E-state index in [0.717, 1.165) is 30.5 Å². The molecule has 0 saturated carbocycles. The van der Waals surface area contributed by atoms with Crippen LogP contribution in [-0.2, 0) is 4.79 Å². The fourth-order valence-corrected chi connectivity index (χ4v) is 1.77. The topological polar surface area (TPSA) is 55.1 Å². The second-order valence-corrected chi connectivity index (χ2v) is 4.66. The molecular weight excluding hydrogens is 236 g/mol. The minimum Gasteiger partial charge on any atom is -0.380 e. The van der Waals surface area contributed by atoms with Crippen molar-refractivity contribution >= 4 is 5.91 Å². The van der Waals surface area contributed by atoms with Gasteiger partial charge in [0.25, 0.3) is 0 Å². The van der Waals surface area contributed by atoms with Gasteiger partial charge in [-0.25, -0.2) is 0 Å². The van der Waals surface area contributed by atoms with Gasteiger partial charge in [-0.05, 0) is 32.3 Å². The third-order valence-electron chi connectivity index (χ3n) is 2.75. The van der Waals surface area contributed by atoms with E-state index in [1.807, 2.05) is 24.3 Å². The zero-order chi connectivity index (χ0) is 14.1. The number of allylic oxidation sites excluding steroid dienone is 3. The molecule has 1 aliphatic rings. The highest BCUT2D eigenvalue weighted by Gasteiger charge is 2.05. The van der Waals surface area contributed by atoms with Crippen molar-refractivity contribution in [1.82, 2.24) is 5.32 Å². The minimum atomic E-state index is -0.327. The number of benzene rings is 1. The van der Waals surface area contributed by atoms with E-state index in [1.165, 1.54) is 5.56 Å². The van der Waals surface area contributed by atoms with Gasteiger partial charge in [0, 0.05) is 5.70 Å². The van der Waals surface area contributed by atoms with Gasteiger partial charge in [-0.15, -0.1) is 0 Å². The molecule has 0 aliphatic heterocycles. The molecule has 1 amide bonds. The van der Waals surface area contributed by atoms with Crippen molar-refractivity contribution < 1.29 is 4.79 Å². The van der Waals surface area contributed by atoms with E-state index in [0.29, 0.717) is 0 Å². The number of nitrogens with one attached hydrogen (secondary N) is 1. The van der Waals surface area contributed by atoms with E-state index in [4.69, 9.17) is 5.73 Å². The first-order valence-electron chi connectivity index (χ1n) is 6.50. The summed E-state index contributed by atoms with van der Waals surface area (Å²) in [7, 11) is 0. The summed E-state index contributed by atoms with van der Waals surface area (Å²) in [5.74, 6) is -0.327. The highest BCUT2D eigenvalue weighted by atomic mass is 16.1. The Kier molecular flexibility index (Phi) is 6.44. The van der Waals surface area contributed by atoms with Crippen LogP contribution < -0.4 is 11.1 Å². The number of amides is 1. The Morgan fingerprint density at radius 1 is 1.32 bits per heavy atom. The van der Waals surface area contributed by atoms with Gasteiger partial charge in [0.15, 0.2) is 0 Å². The van der Waals surface area contributed by atoms with E-state index >= 15 is 0 Å². The Morgan fingerprint density at radius 3 is 2.47 bits per heavy atom. The number of aryl methyl sites for hydroxylation is 1. The molecule has 0 saturated heterocycles. The standard InChI is InChI=1S/C9H14N2O.C7H8/c1-7-3-2-4-8(5-7)11-6-9(10)12;1-7-5-3-2-4-6-7/h5,11H,1-4,6H2,(H2,10,12);2-6H,1H3. The second-order valence-electron chi connectivity index (χ2n) is 4.66. The first kappa shape index (κ1) is 15.0. The molecule has 0 spiro atoms. The molecule has 0 heterocycles. The fourth-order valence-electron chi connectivity index (χ4n) is 1.77. The third kappa shape index (κ3) is 7.09. The van der Waals surface area contributed by atoms with E-state index in [2.05, 4.69) is 31.0 Å². The molecule has 3 heteroatoms. The summed E-state index contributed by atoms with van der Waals surface area (Å²) in [6, 6.07) is 10.3. The molecule has 0 fully saturated rings. The first-order valence-corrected chi connectivity index (χ1v) is 6.50. The Hall–Kier alpha value is -2.03. The highest BCUT2D eigenvalue weighted by Crippen LogP contribution is 2.18. The van der Waals surface area contributed by atoms with Crippen LogP contribution in [0.5, 0.6) is 0 Å². The monoisotopic (exact) mass is 258 g/mol. The van der Waals surface area contributed by atoms with Crippen LogP contribution in [-0.4, -0.2) is 12.5 Å². The van der Waals surface area contributed by atoms with E-state index in [9.17, 15) is 4.79 Å². The lowest BCUT2D eigenvalue weighted by molar-refractivity contribution is -0.117. The van der Waals surface area contributed by atoms with Crippen molar-refractivity contribution in [1.29, 1.82) is 0 Å². The quantitative estimate of drug-likeness (QED) is 0.875. The summed E-state index contributed by atoms with van der Waals surface area (Å²) in [6.45, 7) is 6.16. The Morgan fingerprint density at radius 2 is 2.00 bits per heavy atom. The zero-order valence-corrected chi connectivity index (χ0v) is 11.5. The number of primary amides is 1. The summed E-state index contributed by atoms with van der Waals surface area (Å²) in [5, 5.41) is 2.98. The number of hydrogen-bond acceptors (Lipinski definition) is 2. The van der Waals surface area contributed by atoms with E-state index < -0.39 is 0 Å². The molecule has 19 heavy (non-hydrogen) atoms. The van der Waals surface area contributed by atoms with Gasteiger partial charge < -0.3 is 11.1 Å². The summed E-state index contributed by atoms with van der Waals surface area (Å²) in [6.07, 6.45) is 5.15. The van der Waals surface area contributed by atoms with Crippen molar-refractivity contribution in [3.63, 3.8) is 0 Å². The van der Waals surface area contributed by atoms with Crippen molar-refractivity contribution in [2.75, 3.05) is 6.54 Å². The molecule has 1 aliphatic carbocycles. The molecule has 0 unspecified atom stereocenters. The molecule has 102 valence electrons. The molecule has 0 radical (unpaired) electrons. The number of nitrogens with two attached hydrogens (primary N) is 1. The SMILES string of the molecule is C=C1C=C(NCC(N)=O)CCC1.Cc1ccccc1. The van der Waals surface area contributed by atoms with Gasteiger partial charge in [-0.3, -0.25) is 4.79 Å². The lowest BCUT2D eigenvalue weighted by atomic mass is 10.0.